The fraction of sp³-hybridized carbons (Fsp3) is 0.400. The van der Waals surface area contributed by atoms with Crippen molar-refractivity contribution in [1.82, 2.24) is 18.9 Å². The van der Waals surface area contributed by atoms with E-state index in [1.54, 1.807) is 26.0 Å². The Morgan fingerprint density at radius 1 is 1.18 bits per heavy atom. The summed E-state index contributed by atoms with van der Waals surface area (Å²) in [5.41, 5.74) is 2.24. The molecule has 0 aliphatic carbocycles. The van der Waals surface area contributed by atoms with Crippen LogP contribution in [0, 0.1) is 0 Å². The maximum Gasteiger partial charge on any atom is 0.431 e. The molecular formula is C20H26N5O3+. The average Bonchev–Trinajstić information content (AvgIpc) is 3.09. The highest BCUT2D eigenvalue weighted by atomic mass is 16.2. The third kappa shape index (κ3) is 3.09. The molecule has 2 aromatic rings. The first-order valence-corrected chi connectivity index (χ1v) is 9.14. The van der Waals surface area contributed by atoms with Gasteiger partial charge in [0.1, 0.15) is 12.9 Å². The minimum Gasteiger partial charge on any atom is -0.314 e. The first-order valence-electron chi connectivity index (χ1n) is 9.14. The van der Waals surface area contributed by atoms with E-state index in [9.17, 15) is 14.4 Å². The van der Waals surface area contributed by atoms with Gasteiger partial charge in [-0.1, -0.05) is 26.0 Å². The molecule has 0 unspecified atom stereocenters. The number of imide groups is 1. The predicted octanol–water partition coefficient (Wildman–Crippen LogP) is 2.44. The number of likely N-dealkylation sites (N-methyl/N-ethyl adjacent to an activating group) is 1. The molecular weight excluding hydrogens is 358 g/mol. The fourth-order valence-corrected chi connectivity index (χ4v) is 3.31. The van der Waals surface area contributed by atoms with Crippen LogP contribution in [0.3, 0.4) is 0 Å². The molecule has 0 bridgehead atoms. The monoisotopic (exact) mass is 384 g/mol. The van der Waals surface area contributed by atoms with E-state index in [4.69, 9.17) is 0 Å². The third-order valence-corrected chi connectivity index (χ3v) is 5.25. The number of quaternary nitrogens is 1. The van der Waals surface area contributed by atoms with Gasteiger partial charge in [-0.05, 0) is 23.6 Å². The van der Waals surface area contributed by atoms with Gasteiger partial charge in [-0.25, -0.2) is 9.69 Å². The van der Waals surface area contributed by atoms with Crippen LogP contribution in [-0.2, 0) is 11.3 Å². The zero-order valence-corrected chi connectivity index (χ0v) is 17.1. The van der Waals surface area contributed by atoms with Crippen molar-refractivity contribution in [3.63, 3.8) is 0 Å². The fourth-order valence-electron chi connectivity index (χ4n) is 3.31. The van der Waals surface area contributed by atoms with Gasteiger partial charge >= 0.3 is 6.03 Å². The zero-order valence-electron chi connectivity index (χ0n) is 17.1. The van der Waals surface area contributed by atoms with Crippen molar-refractivity contribution in [2.45, 2.75) is 26.3 Å². The molecule has 3 rings (SSSR count). The summed E-state index contributed by atoms with van der Waals surface area (Å²) in [5.74, 6) is 0.131. The molecule has 28 heavy (non-hydrogen) atoms. The van der Waals surface area contributed by atoms with Crippen LogP contribution in [0.1, 0.15) is 35.8 Å². The number of carbonyl (C=O) groups excluding carboxylic acids is 3. The molecule has 1 aromatic heterocycles. The van der Waals surface area contributed by atoms with Crippen LogP contribution in [0.5, 0.6) is 0 Å². The molecule has 1 aliphatic rings. The number of nitrogens with zero attached hydrogens (tertiary/aromatic N) is 5. The molecule has 0 saturated heterocycles. The van der Waals surface area contributed by atoms with E-state index in [0.29, 0.717) is 11.7 Å². The zero-order chi connectivity index (χ0) is 20.8. The second kappa shape index (κ2) is 6.87. The van der Waals surface area contributed by atoms with Crippen LogP contribution in [0.4, 0.5) is 16.3 Å². The quantitative estimate of drug-likeness (QED) is 0.759. The van der Waals surface area contributed by atoms with E-state index < -0.39 is 5.91 Å². The molecule has 1 aromatic carbocycles. The van der Waals surface area contributed by atoms with Crippen LogP contribution in [0.2, 0.25) is 0 Å². The molecule has 8 nitrogen and oxygen atoms in total. The van der Waals surface area contributed by atoms with E-state index in [2.05, 4.69) is 18.8 Å². The van der Waals surface area contributed by atoms with E-state index >= 15 is 0 Å². The number of amides is 4. The Bertz CT molecular complexity index is 943. The molecule has 148 valence electrons. The van der Waals surface area contributed by atoms with Crippen molar-refractivity contribution >= 4 is 29.4 Å². The lowest BCUT2D eigenvalue weighted by Crippen LogP contribution is -2.59. The summed E-state index contributed by atoms with van der Waals surface area (Å²) in [7, 11) is 6.49. The summed E-state index contributed by atoms with van der Waals surface area (Å²) in [6, 6.07) is 7.47. The highest BCUT2D eigenvalue weighted by Crippen LogP contribution is 2.30. The Hall–Kier alpha value is -3.00. The van der Waals surface area contributed by atoms with E-state index in [-0.39, 0.29) is 28.7 Å². The average molecular weight is 384 g/mol. The molecule has 0 saturated carbocycles. The van der Waals surface area contributed by atoms with Gasteiger partial charge in [-0.15, -0.1) is 0 Å². The number of rotatable bonds is 4. The Morgan fingerprint density at radius 3 is 2.36 bits per heavy atom. The SMILES string of the molecule is CC(C)c1ccc(N(C)C(=O)Cn2cnc3c2C(=O)N(C)C(=O)[N+]3(C)C)cc1. The number of carbonyl (C=O) groups is 3. The van der Waals surface area contributed by atoms with Crippen molar-refractivity contribution in [3.8, 4) is 0 Å². The van der Waals surface area contributed by atoms with Gasteiger partial charge in [0.25, 0.3) is 11.7 Å². The third-order valence-electron chi connectivity index (χ3n) is 5.25. The number of aromatic nitrogens is 2. The smallest absolute Gasteiger partial charge is 0.314 e. The number of imidazole rings is 1. The van der Waals surface area contributed by atoms with Crippen molar-refractivity contribution in [3.05, 3.63) is 41.9 Å². The van der Waals surface area contributed by atoms with Gasteiger partial charge in [0.2, 0.25) is 5.91 Å². The first-order chi connectivity index (χ1) is 13.1. The molecule has 2 heterocycles. The van der Waals surface area contributed by atoms with Crippen LogP contribution in [-0.4, -0.2) is 60.5 Å². The van der Waals surface area contributed by atoms with E-state index in [0.717, 1.165) is 10.6 Å². The number of urea groups is 1. The van der Waals surface area contributed by atoms with Crippen molar-refractivity contribution in [2.24, 2.45) is 0 Å². The normalized spacial score (nSPS) is 15.8. The van der Waals surface area contributed by atoms with Crippen LogP contribution >= 0.6 is 0 Å². The van der Waals surface area contributed by atoms with Gasteiger partial charge < -0.3 is 9.47 Å². The molecule has 1 aliphatic heterocycles. The largest absolute Gasteiger partial charge is 0.431 e. The minimum atomic E-state index is -0.452. The lowest BCUT2D eigenvalue weighted by molar-refractivity contribution is -0.118. The molecule has 8 heteroatoms. The van der Waals surface area contributed by atoms with Gasteiger partial charge in [-0.3, -0.25) is 9.59 Å². The molecule has 4 amide bonds. The maximum atomic E-state index is 12.8. The van der Waals surface area contributed by atoms with Gasteiger partial charge in [0.15, 0.2) is 5.69 Å². The van der Waals surface area contributed by atoms with Gasteiger partial charge in [-0.2, -0.15) is 9.47 Å². The predicted molar refractivity (Wildman–Crippen MR) is 107 cm³/mol. The Balaban J connectivity index is 1.86. The number of fused-ring (bicyclic) bond motifs is 1. The summed E-state index contributed by atoms with van der Waals surface area (Å²) >= 11 is 0. The summed E-state index contributed by atoms with van der Waals surface area (Å²) in [6.07, 6.45) is 1.45. The summed E-state index contributed by atoms with van der Waals surface area (Å²) in [4.78, 5) is 44.7. The number of hydrogen-bond donors (Lipinski definition) is 0. The highest BCUT2D eigenvalue weighted by molar-refractivity contribution is 6.13. The molecule has 0 radical (unpaired) electrons. The Morgan fingerprint density at radius 2 is 1.79 bits per heavy atom. The van der Waals surface area contributed by atoms with Crippen LogP contribution in [0.15, 0.2) is 30.6 Å². The lowest BCUT2D eigenvalue weighted by Gasteiger charge is -2.32. The van der Waals surface area contributed by atoms with Gasteiger partial charge in [0, 0.05) is 19.8 Å². The van der Waals surface area contributed by atoms with Crippen molar-refractivity contribution in [2.75, 3.05) is 33.1 Å². The Kier molecular flexibility index (Phi) is 4.84. The second-order valence-electron chi connectivity index (χ2n) is 7.84. The molecule has 0 N–H and O–H groups in total. The van der Waals surface area contributed by atoms with E-state index in [1.807, 2.05) is 24.3 Å². The molecule has 0 atom stereocenters. The number of hydrogen-bond acceptors (Lipinski definition) is 4. The standard InChI is InChI=1S/C20H26N5O3/c1-13(2)14-7-9-15(10-8-14)22(3)16(26)11-24-12-21-18-17(24)19(27)23(4)20(28)25(18,5)6/h7-10,12-13H,11H2,1-6H3/q+1. The number of benzene rings is 1. The topological polar surface area (TPSA) is 75.5 Å². The summed E-state index contributed by atoms with van der Waals surface area (Å²) in [6.45, 7) is 4.19. The second-order valence-corrected chi connectivity index (χ2v) is 7.84. The lowest BCUT2D eigenvalue weighted by atomic mass is 10.0. The molecule has 0 spiro atoms. The number of anilines is 1. The summed E-state index contributed by atoms with van der Waals surface area (Å²) in [5, 5.41) is 0. The minimum absolute atomic E-state index is 0.0431. The van der Waals surface area contributed by atoms with Gasteiger partial charge in [0.05, 0.1) is 14.1 Å². The van der Waals surface area contributed by atoms with Crippen LogP contribution in [0.25, 0.3) is 0 Å². The van der Waals surface area contributed by atoms with Crippen molar-refractivity contribution in [1.29, 1.82) is 0 Å². The first kappa shape index (κ1) is 19.8. The highest BCUT2D eigenvalue weighted by Gasteiger charge is 2.48. The summed E-state index contributed by atoms with van der Waals surface area (Å²) < 4.78 is 1.34. The Labute approximate surface area is 164 Å². The molecule has 0 fully saturated rings. The van der Waals surface area contributed by atoms with Crippen molar-refractivity contribution < 1.29 is 14.4 Å². The van der Waals surface area contributed by atoms with E-state index in [1.165, 1.54) is 23.5 Å². The van der Waals surface area contributed by atoms with Crippen LogP contribution < -0.4 is 9.38 Å². The maximum absolute atomic E-state index is 12.8.